The van der Waals surface area contributed by atoms with Crippen molar-refractivity contribution in [1.29, 1.82) is 0 Å². The molecule has 0 bridgehead atoms. The summed E-state index contributed by atoms with van der Waals surface area (Å²) < 4.78 is 81.1. The molecule has 0 aromatic heterocycles. The molecule has 0 fully saturated rings. The highest BCUT2D eigenvalue weighted by molar-refractivity contribution is 7.89. The fourth-order valence-corrected chi connectivity index (χ4v) is 0.879. The Morgan fingerprint density at radius 2 is 1.00 bits per heavy atom. The van der Waals surface area contributed by atoms with Gasteiger partial charge in [-0.25, -0.2) is 13.6 Å². The Morgan fingerprint density at radius 3 is 1.03 bits per heavy atom. The topological polar surface area (TPSA) is 282 Å². The van der Waals surface area contributed by atoms with Crippen LogP contribution in [-0.2, 0) is 38.4 Å². The number of nitrogens with two attached hydrogens (primary N) is 2. The summed E-state index contributed by atoms with van der Waals surface area (Å²) >= 11 is 0. The Labute approximate surface area is 198 Å². The van der Waals surface area contributed by atoms with Gasteiger partial charge in [0.05, 0.1) is 18.1 Å². The summed E-state index contributed by atoms with van der Waals surface area (Å²) in [4.78, 5) is 32.7. The van der Waals surface area contributed by atoms with E-state index in [1.807, 2.05) is 0 Å². The lowest BCUT2D eigenvalue weighted by molar-refractivity contribution is 0.275. The molecule has 0 aromatic rings. The molecule has 0 saturated heterocycles. The molecule has 210 valence electrons. The van der Waals surface area contributed by atoms with Crippen LogP contribution >= 0.6 is 22.7 Å². The van der Waals surface area contributed by atoms with Crippen LogP contribution in [-0.4, -0.2) is 77.6 Å². The van der Waals surface area contributed by atoms with Gasteiger partial charge in [0.15, 0.2) is 0 Å². The summed E-state index contributed by atoms with van der Waals surface area (Å²) in [5.41, 5.74) is 4.65. The van der Waals surface area contributed by atoms with Crippen molar-refractivity contribution in [2.75, 3.05) is 36.6 Å². The van der Waals surface area contributed by atoms with Gasteiger partial charge in [0.25, 0.3) is 17.6 Å². The first-order chi connectivity index (χ1) is 13.9. The molecule has 0 aliphatic heterocycles. The second-order valence-corrected chi connectivity index (χ2v) is 15.2. The van der Waals surface area contributed by atoms with Crippen molar-refractivity contribution in [2.24, 2.45) is 10.6 Å². The number of rotatable bonds is 7. The molecule has 2 atom stereocenters. The molecule has 0 aliphatic rings. The van der Waals surface area contributed by atoms with Gasteiger partial charge >= 0.3 is 15.2 Å². The number of hydrogen-bond donors (Lipinski definition) is 7. The van der Waals surface area contributed by atoms with E-state index in [9.17, 15) is 30.5 Å². The minimum atomic E-state index is -3.66. The maximum atomic E-state index is 10.5. The molecule has 0 aromatic carbocycles. The highest BCUT2D eigenvalue weighted by Crippen LogP contribution is 2.40. The molecule has 0 amide bonds. The Morgan fingerprint density at radius 1 is 0.758 bits per heavy atom. The van der Waals surface area contributed by atoms with Crippen LogP contribution < -0.4 is 10.6 Å². The Balaban J connectivity index is -0.0000000689. The molecule has 0 spiro atoms. The quantitative estimate of drug-likeness (QED) is 0.162. The smallest absolute Gasteiger partial charge is 0.327 e. The molecule has 9 N–H and O–H groups in total. The molecule has 0 radical (unpaired) electrons. The van der Waals surface area contributed by atoms with E-state index >= 15 is 0 Å². The third-order valence-corrected chi connectivity index (χ3v) is 7.09. The summed E-state index contributed by atoms with van der Waals surface area (Å²) in [7, 11) is -16.8. The van der Waals surface area contributed by atoms with Crippen LogP contribution in [0, 0.1) is 0 Å². The third-order valence-electron chi connectivity index (χ3n) is 2.36. The van der Waals surface area contributed by atoms with Crippen molar-refractivity contribution in [3.63, 3.8) is 0 Å². The summed E-state index contributed by atoms with van der Waals surface area (Å²) in [6.45, 7) is 9.50. The van der Waals surface area contributed by atoms with E-state index in [1.54, 1.807) is 20.8 Å². The van der Waals surface area contributed by atoms with Crippen molar-refractivity contribution in [3.05, 3.63) is 0 Å². The highest BCUT2D eigenvalue weighted by atomic mass is 32.2. The molecule has 20 heteroatoms. The summed E-state index contributed by atoms with van der Waals surface area (Å²) in [6.07, 6.45) is 0.292. The fourth-order valence-electron chi connectivity index (χ4n) is 0.293. The lowest BCUT2D eigenvalue weighted by Gasteiger charge is -2.05. The number of hydrogen-bond acceptors (Lipinski definition) is 8. The lowest BCUT2D eigenvalue weighted by atomic mass is 10.9. The van der Waals surface area contributed by atoms with Gasteiger partial charge in [-0.15, -0.1) is 0 Å². The van der Waals surface area contributed by atoms with Crippen LogP contribution in [0.2, 0.25) is 0 Å². The van der Waals surface area contributed by atoms with E-state index in [0.29, 0.717) is 6.61 Å². The zero-order valence-electron chi connectivity index (χ0n) is 19.1. The lowest BCUT2D eigenvalue weighted by Crippen LogP contribution is -2.13. The van der Waals surface area contributed by atoms with Crippen molar-refractivity contribution >= 4 is 42.9 Å². The number of sulfonamides is 1. The van der Waals surface area contributed by atoms with Crippen molar-refractivity contribution < 1.29 is 59.2 Å². The van der Waals surface area contributed by atoms with Gasteiger partial charge in [0, 0.05) is 18.5 Å². The first-order valence-electron chi connectivity index (χ1n) is 8.93. The molecular weight excluding hydrogens is 549 g/mol. The third kappa shape index (κ3) is 79.6. The van der Waals surface area contributed by atoms with E-state index in [2.05, 4.69) is 15.2 Å². The predicted molar refractivity (Wildman–Crippen MR) is 132 cm³/mol. The van der Waals surface area contributed by atoms with Gasteiger partial charge in [-0.2, -0.15) is 8.42 Å². The normalized spacial score (nSPS) is 14.3. The monoisotopic (exact) mass is 592 g/mol. The standard InChI is InChI=1S/C4H11O3P.C2H8NO2P.C2H7NO2S.C2H7O3P.C2H6O3S.CH4/c1-3-7-8(5,6)4-2;4*1-2-6(3,4)5;/h3-4H2,1-2H3,(H,5,6);2H2,1H3,(H3,3,4,5);2*2H2,1H3,(H2,3,4,5);2H2,1H3,(H,3,4,5);1H4. The van der Waals surface area contributed by atoms with Crippen LogP contribution in [0.15, 0.2) is 0 Å². The average Bonchev–Trinajstić information content (AvgIpc) is 2.61. The zero-order chi connectivity index (χ0) is 27.4. The molecule has 0 heterocycles. The van der Waals surface area contributed by atoms with E-state index in [-0.39, 0.29) is 37.4 Å². The molecule has 33 heavy (non-hydrogen) atoms. The van der Waals surface area contributed by atoms with E-state index in [0.717, 1.165) is 0 Å². The molecular formula is C13H43N2O13P3S2. The molecule has 2 unspecified atom stereocenters. The van der Waals surface area contributed by atoms with Gasteiger partial charge in [-0.05, 0) is 20.8 Å². The minimum absolute atomic E-state index is 0. The predicted octanol–water partition coefficient (Wildman–Crippen LogP) is 1.39. The second-order valence-electron chi connectivity index (χ2n) is 5.25. The van der Waals surface area contributed by atoms with Gasteiger partial charge in [0.1, 0.15) is 0 Å². The van der Waals surface area contributed by atoms with Crippen molar-refractivity contribution in [1.82, 2.24) is 0 Å². The fraction of sp³-hybridized carbons (Fsp3) is 1.00. The van der Waals surface area contributed by atoms with Crippen LogP contribution in [0.3, 0.4) is 0 Å². The molecule has 0 saturated carbocycles. The largest absolute Gasteiger partial charge is 0.333 e. The molecule has 0 rings (SSSR count). The average molecular weight is 593 g/mol. The van der Waals surface area contributed by atoms with Crippen LogP contribution in [0.1, 0.15) is 49.0 Å². The molecule has 15 nitrogen and oxygen atoms in total. The minimum Gasteiger partial charge on any atom is -0.333 e. The van der Waals surface area contributed by atoms with Crippen molar-refractivity contribution in [3.8, 4) is 0 Å². The SMILES string of the molecule is C.CCOP(=O)(O)CC.CCP(=O)(O)O.CCP(N)(=O)O.CCS(=O)(=O)O.CCS(N)(=O)=O. The Bertz CT molecular complexity index is 738. The van der Waals surface area contributed by atoms with Gasteiger partial charge in [0.2, 0.25) is 10.0 Å². The van der Waals surface area contributed by atoms with Gasteiger partial charge in [-0.1, -0.05) is 28.2 Å². The first kappa shape index (κ1) is 46.6. The Kier molecular flexibility index (Phi) is 32.1. The zero-order valence-corrected chi connectivity index (χ0v) is 23.4. The molecule has 0 aliphatic carbocycles. The maximum Gasteiger partial charge on any atom is 0.327 e. The summed E-state index contributed by atoms with van der Waals surface area (Å²) in [6, 6.07) is 0. The Hall–Kier alpha value is 0.270. The summed E-state index contributed by atoms with van der Waals surface area (Å²) in [5, 5.41) is 4.51. The maximum absolute atomic E-state index is 10.5. The van der Waals surface area contributed by atoms with Crippen LogP contribution in [0.4, 0.5) is 0 Å². The van der Waals surface area contributed by atoms with Crippen LogP contribution in [0.5, 0.6) is 0 Å². The van der Waals surface area contributed by atoms with Gasteiger partial charge in [-0.3, -0.25) is 23.8 Å². The number of primary sulfonamides is 1. The summed E-state index contributed by atoms with van der Waals surface area (Å²) in [5.74, 6) is -0.181. The van der Waals surface area contributed by atoms with Crippen molar-refractivity contribution in [2.45, 2.75) is 49.0 Å². The van der Waals surface area contributed by atoms with Crippen LogP contribution in [0.25, 0.3) is 0 Å². The van der Waals surface area contributed by atoms with E-state index < -0.39 is 42.9 Å². The van der Waals surface area contributed by atoms with E-state index in [1.165, 1.54) is 20.8 Å². The van der Waals surface area contributed by atoms with E-state index in [4.69, 9.17) is 24.1 Å². The second kappa shape index (κ2) is 22.7. The van der Waals surface area contributed by atoms with Gasteiger partial charge < -0.3 is 24.1 Å². The first-order valence-corrected chi connectivity index (χ1v) is 17.7. The highest BCUT2D eigenvalue weighted by Gasteiger charge is 2.12.